The normalized spacial score (nSPS) is 10.8. The van der Waals surface area contributed by atoms with Crippen LogP contribution in [0.2, 0.25) is 0 Å². The summed E-state index contributed by atoms with van der Waals surface area (Å²) in [5.74, 6) is -0.135. The molecule has 0 aliphatic carbocycles. The smallest absolute Gasteiger partial charge is 0.266 e. The van der Waals surface area contributed by atoms with Crippen LogP contribution in [-0.2, 0) is 0 Å². The number of carbonyl (C=O) groups is 1. The van der Waals surface area contributed by atoms with Gasteiger partial charge < -0.3 is 8.94 Å². The molecule has 0 amide bonds. The van der Waals surface area contributed by atoms with Crippen LogP contribution in [0.25, 0.3) is 11.2 Å². The molecule has 0 spiro atoms. The zero-order valence-electron chi connectivity index (χ0n) is 6.00. The number of Topliss-reactive ketones (excluding diaryl/α,β-unsaturated/α-hetero) is 1. The van der Waals surface area contributed by atoms with Gasteiger partial charge in [0, 0.05) is 22.9 Å². The molecule has 2 aromatic heterocycles. The molecule has 0 atom stereocenters. The van der Waals surface area contributed by atoms with Gasteiger partial charge in [-0.25, -0.2) is 0 Å². The first-order valence-electron chi connectivity index (χ1n) is 3.11. The number of halogens is 1. The van der Waals surface area contributed by atoms with Crippen LogP contribution < -0.4 is 0 Å². The van der Waals surface area contributed by atoms with Gasteiger partial charge in [-0.15, -0.1) is 0 Å². The first-order valence-corrected chi connectivity index (χ1v) is 3.90. The lowest BCUT2D eigenvalue weighted by Gasteiger charge is -1.81. The van der Waals surface area contributed by atoms with Gasteiger partial charge in [-0.2, -0.15) is 4.98 Å². The summed E-state index contributed by atoms with van der Waals surface area (Å²) in [7, 11) is 0. The fourth-order valence-corrected chi connectivity index (χ4v) is 1.18. The van der Waals surface area contributed by atoms with Crippen LogP contribution in [0.1, 0.15) is 17.5 Å². The SMILES string of the molecule is CC(=O)c1onc2nc(Br)oc12. The van der Waals surface area contributed by atoms with E-state index in [-0.39, 0.29) is 17.1 Å². The Balaban J connectivity index is 2.76. The monoisotopic (exact) mass is 230 g/mol. The van der Waals surface area contributed by atoms with E-state index in [4.69, 9.17) is 8.94 Å². The summed E-state index contributed by atoms with van der Waals surface area (Å²) in [5, 5.41) is 3.53. The Morgan fingerprint density at radius 1 is 1.58 bits per heavy atom. The van der Waals surface area contributed by atoms with Crippen LogP contribution in [0, 0.1) is 0 Å². The van der Waals surface area contributed by atoms with Crippen molar-refractivity contribution in [2.45, 2.75) is 6.92 Å². The predicted octanol–water partition coefficient (Wildman–Crippen LogP) is 1.78. The van der Waals surface area contributed by atoms with Crippen LogP contribution >= 0.6 is 15.9 Å². The van der Waals surface area contributed by atoms with E-state index >= 15 is 0 Å². The Morgan fingerprint density at radius 3 is 3.00 bits per heavy atom. The summed E-state index contributed by atoms with van der Waals surface area (Å²) < 4.78 is 9.72. The standard InChI is InChI=1S/C6H3BrN2O3/c1-2(10)3-4-5(9-12-3)8-6(7)11-4/h1H3. The zero-order chi connectivity index (χ0) is 8.72. The van der Waals surface area contributed by atoms with Crippen LogP contribution in [0.15, 0.2) is 13.7 Å². The molecule has 62 valence electrons. The highest BCUT2D eigenvalue weighted by Gasteiger charge is 2.18. The number of rotatable bonds is 1. The van der Waals surface area contributed by atoms with Crippen LogP contribution in [0.5, 0.6) is 0 Å². The van der Waals surface area contributed by atoms with Gasteiger partial charge in [-0.3, -0.25) is 4.79 Å². The van der Waals surface area contributed by atoms with E-state index < -0.39 is 0 Å². The highest BCUT2D eigenvalue weighted by atomic mass is 79.9. The van der Waals surface area contributed by atoms with E-state index in [1.54, 1.807) is 0 Å². The molecule has 2 rings (SSSR count). The minimum absolute atomic E-state index is 0.100. The van der Waals surface area contributed by atoms with Crippen molar-refractivity contribution in [1.29, 1.82) is 0 Å². The number of aromatic nitrogens is 2. The van der Waals surface area contributed by atoms with Gasteiger partial charge in [0.15, 0.2) is 0 Å². The van der Waals surface area contributed by atoms with Crippen molar-refractivity contribution >= 4 is 32.9 Å². The molecule has 0 aliphatic heterocycles. The summed E-state index contributed by atoms with van der Waals surface area (Å²) in [6.45, 7) is 1.37. The Morgan fingerprint density at radius 2 is 2.33 bits per heavy atom. The van der Waals surface area contributed by atoms with Crippen molar-refractivity contribution in [1.82, 2.24) is 10.1 Å². The Hall–Kier alpha value is -1.17. The van der Waals surface area contributed by atoms with Crippen molar-refractivity contribution < 1.29 is 13.7 Å². The maximum Gasteiger partial charge on any atom is 0.266 e. The Labute approximate surface area is 74.9 Å². The van der Waals surface area contributed by atoms with E-state index in [2.05, 4.69) is 26.1 Å². The van der Waals surface area contributed by atoms with Gasteiger partial charge in [0.2, 0.25) is 22.8 Å². The van der Waals surface area contributed by atoms with Gasteiger partial charge >= 0.3 is 0 Å². The molecule has 0 radical (unpaired) electrons. The van der Waals surface area contributed by atoms with Gasteiger partial charge in [-0.05, 0) is 0 Å². The maximum absolute atomic E-state index is 10.9. The fraction of sp³-hybridized carbons (Fsp3) is 0.167. The topological polar surface area (TPSA) is 69.1 Å². The van der Waals surface area contributed by atoms with Crippen molar-refractivity contribution in [2.24, 2.45) is 0 Å². The lowest BCUT2D eigenvalue weighted by Crippen LogP contribution is -1.87. The molecule has 0 aliphatic rings. The van der Waals surface area contributed by atoms with Crippen molar-refractivity contribution in [3.05, 3.63) is 10.6 Å². The molecule has 2 aromatic rings. The second-order valence-electron chi connectivity index (χ2n) is 2.19. The summed E-state index contributed by atoms with van der Waals surface area (Å²) in [6.07, 6.45) is 0. The molecule has 0 fully saturated rings. The van der Waals surface area contributed by atoms with Crippen LogP contribution in [0.4, 0.5) is 0 Å². The number of hydrogen-bond acceptors (Lipinski definition) is 5. The summed E-state index contributed by atoms with van der Waals surface area (Å²) >= 11 is 3.02. The minimum Gasteiger partial charge on any atom is -0.425 e. The van der Waals surface area contributed by atoms with E-state index in [1.807, 2.05) is 0 Å². The summed E-state index contributed by atoms with van der Waals surface area (Å²) in [4.78, 5) is 15.0. The Bertz CT molecular complexity index is 445. The molecule has 2 heterocycles. The molecule has 0 saturated heterocycles. The van der Waals surface area contributed by atoms with Crippen LogP contribution in [-0.4, -0.2) is 15.9 Å². The van der Waals surface area contributed by atoms with Crippen molar-refractivity contribution in [3.63, 3.8) is 0 Å². The largest absolute Gasteiger partial charge is 0.425 e. The minimum atomic E-state index is -0.235. The number of hydrogen-bond donors (Lipinski definition) is 0. The number of oxazole rings is 1. The van der Waals surface area contributed by atoms with Gasteiger partial charge in [0.05, 0.1) is 0 Å². The number of fused-ring (bicyclic) bond motifs is 1. The zero-order valence-corrected chi connectivity index (χ0v) is 7.58. The molecule has 0 saturated carbocycles. The third-order valence-corrected chi connectivity index (χ3v) is 1.67. The van der Waals surface area contributed by atoms with Gasteiger partial charge in [-0.1, -0.05) is 5.16 Å². The second-order valence-corrected chi connectivity index (χ2v) is 2.87. The summed E-state index contributed by atoms with van der Waals surface area (Å²) in [5.41, 5.74) is 0.585. The average Bonchev–Trinajstić information content (AvgIpc) is 2.43. The average molecular weight is 231 g/mol. The van der Waals surface area contributed by atoms with E-state index in [1.165, 1.54) is 6.92 Å². The highest BCUT2D eigenvalue weighted by molar-refractivity contribution is 9.10. The molecule has 0 bridgehead atoms. The van der Waals surface area contributed by atoms with Crippen molar-refractivity contribution in [3.8, 4) is 0 Å². The second kappa shape index (κ2) is 2.41. The first-order chi connectivity index (χ1) is 5.68. The Kier molecular flexibility index (Phi) is 1.50. The third-order valence-electron chi connectivity index (χ3n) is 1.33. The van der Waals surface area contributed by atoms with Gasteiger partial charge in [0.25, 0.3) is 4.80 Å². The maximum atomic E-state index is 10.9. The van der Waals surface area contributed by atoms with Gasteiger partial charge in [0.1, 0.15) is 0 Å². The molecular formula is C6H3BrN2O3. The number of ketones is 1. The molecule has 12 heavy (non-hydrogen) atoms. The van der Waals surface area contributed by atoms with Crippen molar-refractivity contribution in [2.75, 3.05) is 0 Å². The molecule has 5 nitrogen and oxygen atoms in total. The first kappa shape index (κ1) is 7.48. The number of carbonyl (C=O) groups excluding carboxylic acids is 1. The lowest BCUT2D eigenvalue weighted by molar-refractivity contribution is 0.0979. The van der Waals surface area contributed by atoms with E-state index in [0.717, 1.165) is 0 Å². The fourth-order valence-electron chi connectivity index (χ4n) is 0.851. The molecule has 0 aromatic carbocycles. The van der Waals surface area contributed by atoms with E-state index in [9.17, 15) is 4.79 Å². The molecular weight excluding hydrogens is 228 g/mol. The van der Waals surface area contributed by atoms with E-state index in [0.29, 0.717) is 10.4 Å². The van der Waals surface area contributed by atoms with Crippen LogP contribution in [0.3, 0.4) is 0 Å². The number of nitrogens with zero attached hydrogens (tertiary/aromatic N) is 2. The molecule has 0 N–H and O–H groups in total. The summed E-state index contributed by atoms with van der Waals surface area (Å²) in [6, 6.07) is 0. The molecule has 6 heteroatoms. The molecule has 0 unspecified atom stereocenters. The lowest BCUT2D eigenvalue weighted by atomic mass is 10.3. The predicted molar refractivity (Wildman–Crippen MR) is 41.8 cm³/mol. The quantitative estimate of drug-likeness (QED) is 0.699. The third kappa shape index (κ3) is 0.953. The highest BCUT2D eigenvalue weighted by Crippen LogP contribution is 2.22.